The predicted octanol–water partition coefficient (Wildman–Crippen LogP) is 3.76. The van der Waals surface area contributed by atoms with Crippen molar-refractivity contribution >= 4 is 5.78 Å². The summed E-state index contributed by atoms with van der Waals surface area (Å²) in [4.78, 5) is 12.1. The molecular formula is C21H30O3. The molecule has 0 saturated heterocycles. The number of ketones is 1. The molecule has 132 valence electrons. The highest BCUT2D eigenvalue weighted by atomic mass is 16.5. The number of rotatable bonds is 1. The molecule has 4 aliphatic carbocycles. The Morgan fingerprint density at radius 1 is 1.04 bits per heavy atom. The van der Waals surface area contributed by atoms with Crippen LogP contribution in [-0.2, 0) is 4.79 Å². The van der Waals surface area contributed by atoms with Gasteiger partial charge in [-0.2, -0.15) is 0 Å². The fourth-order valence-electron chi connectivity index (χ4n) is 6.64. The van der Waals surface area contributed by atoms with Gasteiger partial charge in [-0.3, -0.25) is 4.79 Å². The van der Waals surface area contributed by atoms with E-state index in [-0.39, 0.29) is 16.7 Å². The van der Waals surface area contributed by atoms with Gasteiger partial charge in [0.25, 0.3) is 0 Å². The van der Waals surface area contributed by atoms with Gasteiger partial charge in [0.05, 0.1) is 0 Å². The average molecular weight is 330 g/mol. The molecule has 0 spiro atoms. The third-order valence-corrected chi connectivity index (χ3v) is 8.10. The summed E-state index contributed by atoms with van der Waals surface area (Å²) in [6.07, 6.45) is 10.5. The van der Waals surface area contributed by atoms with Crippen molar-refractivity contribution in [3.8, 4) is 0 Å². The van der Waals surface area contributed by atoms with Crippen molar-refractivity contribution in [2.24, 2.45) is 28.6 Å². The Kier molecular flexibility index (Phi) is 3.48. The van der Waals surface area contributed by atoms with Crippen LogP contribution in [0.3, 0.4) is 0 Å². The number of carbonyl (C=O) groups is 1. The summed E-state index contributed by atoms with van der Waals surface area (Å²) in [6, 6.07) is 0. The van der Waals surface area contributed by atoms with E-state index in [9.17, 15) is 15.0 Å². The number of hydrogen-bond donors (Lipinski definition) is 2. The Morgan fingerprint density at radius 2 is 1.79 bits per heavy atom. The number of hydrogen-bond acceptors (Lipinski definition) is 3. The Balaban J connectivity index is 1.72. The maximum absolute atomic E-state index is 12.1. The van der Waals surface area contributed by atoms with Gasteiger partial charge in [-0.1, -0.05) is 37.1 Å². The van der Waals surface area contributed by atoms with Gasteiger partial charge in [0, 0.05) is 18.8 Å². The minimum absolute atomic E-state index is 0.0642. The molecule has 3 saturated carbocycles. The van der Waals surface area contributed by atoms with E-state index < -0.39 is 5.79 Å². The molecule has 2 N–H and O–H groups in total. The molecule has 0 aliphatic heterocycles. The van der Waals surface area contributed by atoms with Crippen molar-refractivity contribution in [1.29, 1.82) is 0 Å². The quantitative estimate of drug-likeness (QED) is 0.720. The van der Waals surface area contributed by atoms with Crippen LogP contribution in [-0.4, -0.2) is 21.8 Å². The average Bonchev–Trinajstić information content (AvgIpc) is 2.85. The summed E-state index contributed by atoms with van der Waals surface area (Å²) in [5, 5.41) is 20.1. The lowest BCUT2D eigenvalue weighted by Gasteiger charge is -2.55. The van der Waals surface area contributed by atoms with Crippen molar-refractivity contribution in [2.75, 3.05) is 0 Å². The SMILES string of the molecule is CC(=O)[C@H]1CC[C@H]2C3=CC=C4CC(O)(O)CC[C@]4(C)[C@H]3CC[C@]12C. The molecule has 0 radical (unpaired) electrons. The van der Waals surface area contributed by atoms with Crippen molar-refractivity contribution in [3.05, 3.63) is 23.3 Å². The van der Waals surface area contributed by atoms with Crippen LogP contribution < -0.4 is 0 Å². The molecule has 0 aromatic rings. The lowest BCUT2D eigenvalue weighted by molar-refractivity contribution is -0.183. The summed E-state index contributed by atoms with van der Waals surface area (Å²) >= 11 is 0. The molecule has 4 aliphatic rings. The smallest absolute Gasteiger partial charge is 0.166 e. The van der Waals surface area contributed by atoms with E-state index in [4.69, 9.17) is 0 Å². The van der Waals surface area contributed by atoms with Gasteiger partial charge in [-0.25, -0.2) is 0 Å². The van der Waals surface area contributed by atoms with E-state index in [1.807, 2.05) is 0 Å². The first kappa shape index (κ1) is 16.5. The van der Waals surface area contributed by atoms with E-state index >= 15 is 0 Å². The van der Waals surface area contributed by atoms with Crippen molar-refractivity contribution < 1.29 is 15.0 Å². The van der Waals surface area contributed by atoms with Crippen molar-refractivity contribution in [3.63, 3.8) is 0 Å². The lowest BCUT2D eigenvalue weighted by Crippen LogP contribution is -2.48. The molecular weight excluding hydrogens is 300 g/mol. The van der Waals surface area contributed by atoms with Crippen LogP contribution in [0, 0.1) is 28.6 Å². The topological polar surface area (TPSA) is 57.5 Å². The number of allylic oxidation sites excluding steroid dienone is 3. The Hall–Kier alpha value is -0.930. The molecule has 0 amide bonds. The van der Waals surface area contributed by atoms with Gasteiger partial charge in [-0.15, -0.1) is 0 Å². The monoisotopic (exact) mass is 330 g/mol. The predicted molar refractivity (Wildman–Crippen MR) is 93.0 cm³/mol. The number of carbonyl (C=O) groups excluding carboxylic acids is 1. The van der Waals surface area contributed by atoms with Crippen molar-refractivity contribution in [1.82, 2.24) is 0 Å². The normalized spacial score (nSPS) is 46.3. The summed E-state index contributed by atoms with van der Waals surface area (Å²) in [6.45, 7) is 6.43. The van der Waals surface area contributed by atoms with Gasteiger partial charge in [0.1, 0.15) is 5.78 Å². The van der Waals surface area contributed by atoms with Crippen LogP contribution in [0.25, 0.3) is 0 Å². The van der Waals surface area contributed by atoms with Crippen LogP contribution in [0.1, 0.15) is 65.7 Å². The van der Waals surface area contributed by atoms with Gasteiger partial charge in [0.2, 0.25) is 0 Å². The Morgan fingerprint density at radius 3 is 2.50 bits per heavy atom. The standard InChI is InChI=1S/C21H30O3/c1-13(22)16-6-7-17-15-5-4-14-12-21(23,24)11-10-19(14,2)18(15)8-9-20(16,17)3/h4-5,16-18,23-24H,6-12H2,1-3H3/t16-,17+,18+,19+,20-/m1/s1. The van der Waals surface area contributed by atoms with Gasteiger partial charge >= 0.3 is 0 Å². The minimum Gasteiger partial charge on any atom is -0.365 e. The highest BCUT2D eigenvalue weighted by molar-refractivity contribution is 5.79. The van der Waals surface area contributed by atoms with E-state index in [1.165, 1.54) is 5.57 Å². The molecule has 3 nitrogen and oxygen atoms in total. The second-order valence-corrected chi connectivity index (χ2v) is 9.33. The van der Waals surface area contributed by atoms with E-state index in [1.54, 1.807) is 12.5 Å². The maximum atomic E-state index is 12.1. The Labute approximate surface area is 144 Å². The van der Waals surface area contributed by atoms with Crippen LogP contribution in [0.2, 0.25) is 0 Å². The fourth-order valence-corrected chi connectivity index (χ4v) is 6.64. The fraction of sp³-hybridized carbons (Fsp3) is 0.762. The van der Waals surface area contributed by atoms with E-state index in [2.05, 4.69) is 26.0 Å². The number of fused-ring (bicyclic) bond motifs is 5. The van der Waals surface area contributed by atoms with Crippen LogP contribution in [0.4, 0.5) is 0 Å². The third-order valence-electron chi connectivity index (χ3n) is 8.10. The molecule has 0 aromatic carbocycles. The second-order valence-electron chi connectivity index (χ2n) is 9.33. The summed E-state index contributed by atoms with van der Waals surface area (Å²) in [5.41, 5.74) is 2.94. The van der Waals surface area contributed by atoms with Gasteiger partial charge in [-0.05, 0) is 61.7 Å². The third kappa shape index (κ3) is 2.13. The lowest BCUT2D eigenvalue weighted by atomic mass is 9.50. The molecule has 4 rings (SSSR count). The number of Topliss-reactive ketones (excluding diaryl/α,β-unsaturated/α-hetero) is 1. The summed E-state index contributed by atoms with van der Waals surface area (Å²) in [5.74, 6) is 0.0799. The molecule has 0 aromatic heterocycles. The molecule has 5 atom stereocenters. The minimum atomic E-state index is -1.53. The molecule has 24 heavy (non-hydrogen) atoms. The first-order valence-corrected chi connectivity index (χ1v) is 9.54. The second kappa shape index (κ2) is 5.04. The van der Waals surface area contributed by atoms with E-state index in [0.717, 1.165) is 32.1 Å². The molecule has 3 fully saturated rings. The van der Waals surface area contributed by atoms with Gasteiger partial charge in [0.15, 0.2) is 5.79 Å². The first-order valence-electron chi connectivity index (χ1n) is 9.54. The number of aliphatic hydroxyl groups is 2. The first-order chi connectivity index (χ1) is 11.2. The van der Waals surface area contributed by atoms with Crippen LogP contribution >= 0.6 is 0 Å². The summed E-state index contributed by atoms with van der Waals surface area (Å²) < 4.78 is 0. The summed E-state index contributed by atoms with van der Waals surface area (Å²) in [7, 11) is 0. The molecule has 0 heterocycles. The molecule has 0 unspecified atom stereocenters. The van der Waals surface area contributed by atoms with E-state index in [0.29, 0.717) is 30.5 Å². The van der Waals surface area contributed by atoms with Crippen LogP contribution in [0.15, 0.2) is 23.3 Å². The molecule has 0 bridgehead atoms. The van der Waals surface area contributed by atoms with Gasteiger partial charge < -0.3 is 10.2 Å². The highest BCUT2D eigenvalue weighted by Gasteiger charge is 2.57. The molecule has 3 heteroatoms. The van der Waals surface area contributed by atoms with Crippen molar-refractivity contribution in [2.45, 2.75) is 71.5 Å². The zero-order valence-corrected chi connectivity index (χ0v) is 15.1. The zero-order chi connectivity index (χ0) is 17.3. The maximum Gasteiger partial charge on any atom is 0.166 e. The zero-order valence-electron chi connectivity index (χ0n) is 15.1. The van der Waals surface area contributed by atoms with Crippen LogP contribution in [0.5, 0.6) is 0 Å². The largest absolute Gasteiger partial charge is 0.365 e. The highest BCUT2D eigenvalue weighted by Crippen LogP contribution is 2.65. The Bertz CT molecular complexity index is 643.